The zero-order chi connectivity index (χ0) is 36.2. The van der Waals surface area contributed by atoms with Crippen LogP contribution in [0.3, 0.4) is 0 Å². The van der Waals surface area contributed by atoms with Crippen LogP contribution in [0.2, 0.25) is 0 Å². The van der Waals surface area contributed by atoms with E-state index in [1.807, 2.05) is 67.6 Å². The summed E-state index contributed by atoms with van der Waals surface area (Å²) >= 11 is 0. The third kappa shape index (κ3) is 7.62. The Morgan fingerprint density at radius 3 is 2.31 bits per heavy atom. The topological polar surface area (TPSA) is 116 Å². The van der Waals surface area contributed by atoms with Gasteiger partial charge in [-0.05, 0) is 78.6 Å². The largest absolute Gasteiger partial charge is 0.457 e. The minimum absolute atomic E-state index is 0.00445. The van der Waals surface area contributed by atoms with Gasteiger partial charge in [0.2, 0.25) is 0 Å². The third-order valence-corrected chi connectivity index (χ3v) is 10.6. The Balaban J connectivity index is 1.21. The Hall–Kier alpha value is -5.36. The van der Waals surface area contributed by atoms with E-state index < -0.39 is 15.9 Å². The van der Waals surface area contributed by atoms with Crippen LogP contribution in [0.15, 0.2) is 108 Å². The van der Waals surface area contributed by atoms with E-state index in [9.17, 15) is 13.2 Å². The number of amides is 1. The number of nitrogens with one attached hydrogen (secondary N) is 1. The van der Waals surface area contributed by atoms with Crippen molar-refractivity contribution in [3.63, 3.8) is 0 Å². The number of carbonyl (C=O) groups excluding carboxylic acids is 1. The van der Waals surface area contributed by atoms with Crippen molar-refractivity contribution < 1.29 is 22.7 Å². The molecule has 52 heavy (non-hydrogen) atoms. The van der Waals surface area contributed by atoms with Gasteiger partial charge in [0.25, 0.3) is 15.9 Å². The SMILES string of the molecule is CCc1nc2c(C)cc(C)nc2n1Cc1ccc(-c2cc(CN3CCOCC3)ccc2S(=O)(=O)NC(=O)c2ccccc2Oc2ccccc2)cc1. The molecule has 1 amide bonds. The Kier molecular flexibility index (Phi) is 10.2. The number of para-hydroxylation sites is 2. The number of nitrogens with zero attached hydrogens (tertiary/aromatic N) is 4. The third-order valence-electron chi connectivity index (χ3n) is 9.20. The number of pyridine rings is 1. The highest BCUT2D eigenvalue weighted by Gasteiger charge is 2.26. The van der Waals surface area contributed by atoms with E-state index in [2.05, 4.69) is 28.0 Å². The second-order valence-corrected chi connectivity index (χ2v) is 14.6. The number of aryl methyl sites for hydroxylation is 3. The zero-order valence-corrected chi connectivity index (χ0v) is 30.3. The fraction of sp³-hybridized carbons (Fsp3) is 0.244. The predicted molar refractivity (Wildman–Crippen MR) is 201 cm³/mol. The highest BCUT2D eigenvalue weighted by molar-refractivity contribution is 7.90. The maximum Gasteiger partial charge on any atom is 0.268 e. The number of rotatable bonds is 11. The molecule has 1 N–H and O–H groups in total. The van der Waals surface area contributed by atoms with Gasteiger partial charge < -0.3 is 14.0 Å². The summed E-state index contributed by atoms with van der Waals surface area (Å²) in [5.74, 6) is 0.941. The quantitative estimate of drug-likeness (QED) is 0.152. The standard InChI is InChI=1S/C41H41N5O5S/c1-4-38-43-39-28(2)24-29(3)42-40(39)46(38)27-30-14-17-32(18-15-30)35-25-31(26-45-20-22-50-23-21-45)16-19-37(35)52(48,49)44-41(47)34-12-8-9-13-36(34)51-33-10-6-5-7-11-33/h5-19,24-25H,4,20-23,26-27H2,1-3H3,(H,44,47). The van der Waals surface area contributed by atoms with Crippen LogP contribution >= 0.6 is 0 Å². The summed E-state index contributed by atoms with van der Waals surface area (Å²) in [5, 5.41) is 0. The molecule has 0 aliphatic carbocycles. The Labute approximate surface area is 304 Å². The van der Waals surface area contributed by atoms with E-state index in [0.717, 1.165) is 58.9 Å². The van der Waals surface area contributed by atoms with E-state index in [0.29, 0.717) is 43.2 Å². The van der Waals surface area contributed by atoms with Gasteiger partial charge in [-0.1, -0.05) is 67.6 Å². The minimum Gasteiger partial charge on any atom is -0.457 e. The lowest BCUT2D eigenvalue weighted by molar-refractivity contribution is 0.0342. The number of fused-ring (bicyclic) bond motifs is 1. The van der Waals surface area contributed by atoms with Crippen molar-refractivity contribution in [3.05, 3.63) is 137 Å². The van der Waals surface area contributed by atoms with Gasteiger partial charge in [-0.3, -0.25) is 9.69 Å². The number of carbonyl (C=O) groups is 1. The van der Waals surface area contributed by atoms with E-state index in [1.54, 1.807) is 42.5 Å². The second kappa shape index (κ2) is 15.1. The molecule has 1 saturated heterocycles. The average molecular weight is 716 g/mol. The van der Waals surface area contributed by atoms with Gasteiger partial charge in [-0.25, -0.2) is 23.1 Å². The van der Waals surface area contributed by atoms with Gasteiger partial charge in [0.05, 0.1) is 30.2 Å². The molecule has 0 radical (unpaired) electrons. The first-order valence-corrected chi connectivity index (χ1v) is 18.9. The molecule has 11 heteroatoms. The number of benzene rings is 4. The van der Waals surface area contributed by atoms with Crippen molar-refractivity contribution in [2.45, 2.75) is 45.2 Å². The monoisotopic (exact) mass is 715 g/mol. The first-order chi connectivity index (χ1) is 25.2. The zero-order valence-electron chi connectivity index (χ0n) is 29.5. The lowest BCUT2D eigenvalue weighted by atomic mass is 10.0. The van der Waals surface area contributed by atoms with E-state index in [4.69, 9.17) is 19.4 Å². The minimum atomic E-state index is -4.33. The molecule has 4 aromatic carbocycles. The van der Waals surface area contributed by atoms with Crippen LogP contribution in [0.25, 0.3) is 22.3 Å². The number of hydrogen-bond acceptors (Lipinski definition) is 8. The number of ether oxygens (including phenoxy) is 2. The van der Waals surface area contributed by atoms with Gasteiger partial charge >= 0.3 is 0 Å². The Morgan fingerprint density at radius 2 is 1.56 bits per heavy atom. The highest BCUT2D eigenvalue weighted by Crippen LogP contribution is 2.31. The van der Waals surface area contributed by atoms with Crippen LogP contribution < -0.4 is 9.46 Å². The van der Waals surface area contributed by atoms with Crippen molar-refractivity contribution in [1.82, 2.24) is 24.2 Å². The van der Waals surface area contributed by atoms with Crippen molar-refractivity contribution in [1.29, 1.82) is 0 Å². The van der Waals surface area contributed by atoms with Crippen molar-refractivity contribution >= 4 is 27.1 Å². The molecule has 0 bridgehead atoms. The molecule has 1 aliphatic rings. The number of morpholine rings is 1. The van der Waals surface area contributed by atoms with Gasteiger partial charge in [-0.2, -0.15) is 0 Å². The molecule has 3 heterocycles. The Bertz CT molecular complexity index is 2330. The molecular formula is C41H41N5O5S. The molecule has 1 fully saturated rings. The normalized spacial score (nSPS) is 13.7. The average Bonchev–Trinajstić information content (AvgIpc) is 3.50. The van der Waals surface area contributed by atoms with Crippen LogP contribution in [0.1, 0.15) is 45.5 Å². The van der Waals surface area contributed by atoms with Gasteiger partial charge in [0.15, 0.2) is 5.65 Å². The molecule has 1 aliphatic heterocycles. The number of aromatic nitrogens is 3. The van der Waals surface area contributed by atoms with Gasteiger partial charge in [0, 0.05) is 37.3 Å². The van der Waals surface area contributed by atoms with Crippen LogP contribution in [0, 0.1) is 13.8 Å². The predicted octanol–water partition coefficient (Wildman–Crippen LogP) is 7.07. The van der Waals surface area contributed by atoms with E-state index >= 15 is 0 Å². The molecule has 6 aromatic rings. The van der Waals surface area contributed by atoms with Crippen LogP contribution in [-0.2, 0) is 34.3 Å². The molecule has 10 nitrogen and oxygen atoms in total. The summed E-state index contributed by atoms with van der Waals surface area (Å²) in [7, 11) is -4.33. The molecule has 0 atom stereocenters. The highest BCUT2D eigenvalue weighted by atomic mass is 32.2. The van der Waals surface area contributed by atoms with E-state index in [-0.39, 0.29) is 16.2 Å². The van der Waals surface area contributed by atoms with Crippen LogP contribution in [-0.4, -0.2) is 60.1 Å². The van der Waals surface area contributed by atoms with E-state index in [1.165, 1.54) is 0 Å². The van der Waals surface area contributed by atoms with Crippen molar-refractivity contribution in [2.24, 2.45) is 0 Å². The maximum atomic E-state index is 14.1. The number of sulfonamides is 1. The summed E-state index contributed by atoms with van der Waals surface area (Å²) in [5.41, 5.74) is 7.09. The Morgan fingerprint density at radius 1 is 0.846 bits per heavy atom. The summed E-state index contributed by atoms with van der Waals surface area (Å²) < 4.78 is 44.1. The molecule has 7 rings (SSSR count). The van der Waals surface area contributed by atoms with Gasteiger partial charge in [-0.15, -0.1) is 0 Å². The number of imidazole rings is 1. The molecule has 0 saturated carbocycles. The van der Waals surface area contributed by atoms with Crippen molar-refractivity contribution in [2.75, 3.05) is 26.3 Å². The molecule has 0 spiro atoms. The smallest absolute Gasteiger partial charge is 0.268 e. The summed E-state index contributed by atoms with van der Waals surface area (Å²) in [4.78, 5) is 25.6. The van der Waals surface area contributed by atoms with Crippen LogP contribution in [0.5, 0.6) is 11.5 Å². The lowest BCUT2D eigenvalue weighted by Crippen LogP contribution is -2.35. The second-order valence-electron chi connectivity index (χ2n) is 13.0. The molecule has 2 aromatic heterocycles. The van der Waals surface area contributed by atoms with Crippen LogP contribution in [0.4, 0.5) is 0 Å². The first kappa shape index (κ1) is 35.1. The molecular weight excluding hydrogens is 675 g/mol. The fourth-order valence-electron chi connectivity index (χ4n) is 6.60. The fourth-order valence-corrected chi connectivity index (χ4v) is 7.78. The molecule has 266 valence electrons. The summed E-state index contributed by atoms with van der Waals surface area (Å²) in [6.07, 6.45) is 0.763. The summed E-state index contributed by atoms with van der Waals surface area (Å²) in [6, 6.07) is 30.8. The molecule has 0 unspecified atom stereocenters. The van der Waals surface area contributed by atoms with Crippen molar-refractivity contribution in [3.8, 4) is 22.6 Å². The maximum absolute atomic E-state index is 14.1. The first-order valence-electron chi connectivity index (χ1n) is 17.4. The lowest BCUT2D eigenvalue weighted by Gasteiger charge is -2.27. The van der Waals surface area contributed by atoms with Gasteiger partial charge in [0.1, 0.15) is 22.8 Å². The summed E-state index contributed by atoms with van der Waals surface area (Å²) in [6.45, 7) is 10.2. The number of hydrogen-bond donors (Lipinski definition) is 1.